The van der Waals surface area contributed by atoms with Crippen LogP contribution in [-0.4, -0.2) is 17.6 Å². The maximum atomic E-state index is 13.3. The summed E-state index contributed by atoms with van der Waals surface area (Å²) in [7, 11) is 0. The lowest BCUT2D eigenvalue weighted by atomic mass is 9.98. The molecule has 1 heterocycles. The Morgan fingerprint density at radius 3 is 2.94 bits per heavy atom. The maximum absolute atomic E-state index is 13.3. The van der Waals surface area contributed by atoms with Crippen molar-refractivity contribution >= 4 is 22.9 Å². The first-order valence-electron chi connectivity index (χ1n) is 6.49. The smallest absolute Gasteiger partial charge is 0.124 e. The minimum atomic E-state index is -0.286. The highest BCUT2D eigenvalue weighted by molar-refractivity contribution is 7.80. The van der Waals surface area contributed by atoms with Crippen LogP contribution in [0, 0.1) is 5.82 Å². The highest BCUT2D eigenvalue weighted by Crippen LogP contribution is 2.29. The molecule has 18 heavy (non-hydrogen) atoms. The lowest BCUT2D eigenvalue weighted by molar-refractivity contribution is 0.449. The minimum absolute atomic E-state index is 0.268. The molecular formula is C14H19FN2S. The van der Waals surface area contributed by atoms with E-state index in [1.54, 1.807) is 6.07 Å². The van der Waals surface area contributed by atoms with Crippen LogP contribution in [0.2, 0.25) is 0 Å². The fraction of sp³-hybridized carbons (Fsp3) is 0.500. The van der Waals surface area contributed by atoms with Crippen LogP contribution in [0.3, 0.4) is 0 Å². The molecule has 0 radical (unpaired) electrons. The molecule has 2 N–H and O–H groups in total. The third-order valence-corrected chi connectivity index (χ3v) is 3.85. The summed E-state index contributed by atoms with van der Waals surface area (Å²) in [4.78, 5) is 2.60. The number of halogens is 1. The van der Waals surface area contributed by atoms with E-state index < -0.39 is 0 Å². The van der Waals surface area contributed by atoms with Gasteiger partial charge in [-0.25, -0.2) is 4.39 Å². The lowest BCUT2D eigenvalue weighted by Crippen LogP contribution is -2.40. The Kier molecular flexibility index (Phi) is 4.17. The van der Waals surface area contributed by atoms with Crippen molar-refractivity contribution in [2.75, 3.05) is 11.4 Å². The summed E-state index contributed by atoms with van der Waals surface area (Å²) < 4.78 is 13.3. The van der Waals surface area contributed by atoms with Crippen molar-refractivity contribution in [1.29, 1.82) is 0 Å². The van der Waals surface area contributed by atoms with Crippen molar-refractivity contribution < 1.29 is 4.39 Å². The van der Waals surface area contributed by atoms with Crippen LogP contribution in [-0.2, 0) is 0 Å². The highest BCUT2D eigenvalue weighted by Gasteiger charge is 2.23. The first-order chi connectivity index (χ1) is 8.63. The molecular weight excluding hydrogens is 247 g/mol. The van der Waals surface area contributed by atoms with E-state index in [4.69, 9.17) is 18.0 Å². The predicted molar refractivity (Wildman–Crippen MR) is 77.6 cm³/mol. The molecule has 1 aromatic rings. The molecule has 0 spiro atoms. The lowest BCUT2D eigenvalue weighted by Gasteiger charge is -2.38. The van der Waals surface area contributed by atoms with Crippen molar-refractivity contribution in [1.82, 2.24) is 0 Å². The SMILES string of the molecule is CCC1CCCCN1c1ccc(F)cc1C(N)=S. The Labute approximate surface area is 113 Å². The van der Waals surface area contributed by atoms with Gasteiger partial charge in [-0.05, 0) is 43.9 Å². The fourth-order valence-corrected chi connectivity index (χ4v) is 2.86. The molecule has 4 heteroatoms. The fourth-order valence-electron chi connectivity index (χ4n) is 2.70. The molecule has 0 amide bonds. The summed E-state index contributed by atoms with van der Waals surface area (Å²) in [6, 6.07) is 5.24. The van der Waals surface area contributed by atoms with Crippen molar-refractivity contribution in [2.24, 2.45) is 5.73 Å². The summed E-state index contributed by atoms with van der Waals surface area (Å²) in [6.07, 6.45) is 4.71. The van der Waals surface area contributed by atoms with Crippen LogP contribution in [0.5, 0.6) is 0 Å². The average molecular weight is 266 g/mol. The molecule has 98 valence electrons. The zero-order valence-corrected chi connectivity index (χ0v) is 11.5. The molecule has 1 saturated heterocycles. The van der Waals surface area contributed by atoms with Crippen LogP contribution in [0.25, 0.3) is 0 Å². The zero-order chi connectivity index (χ0) is 13.1. The van der Waals surface area contributed by atoms with Gasteiger partial charge in [0.15, 0.2) is 0 Å². The monoisotopic (exact) mass is 266 g/mol. The van der Waals surface area contributed by atoms with E-state index in [1.165, 1.54) is 31.4 Å². The third kappa shape index (κ3) is 2.64. The Morgan fingerprint density at radius 1 is 1.50 bits per heavy atom. The Bertz CT molecular complexity index is 447. The third-order valence-electron chi connectivity index (χ3n) is 3.63. The largest absolute Gasteiger partial charge is 0.389 e. The van der Waals surface area contributed by atoms with Gasteiger partial charge in [0, 0.05) is 23.8 Å². The van der Waals surface area contributed by atoms with Crippen LogP contribution in [0.4, 0.5) is 10.1 Å². The van der Waals surface area contributed by atoms with Gasteiger partial charge >= 0.3 is 0 Å². The molecule has 0 saturated carbocycles. The van der Waals surface area contributed by atoms with E-state index in [-0.39, 0.29) is 10.8 Å². The van der Waals surface area contributed by atoms with Gasteiger partial charge in [0.25, 0.3) is 0 Å². The quantitative estimate of drug-likeness (QED) is 0.852. The number of hydrogen-bond donors (Lipinski definition) is 1. The number of nitrogens with zero attached hydrogens (tertiary/aromatic N) is 1. The Balaban J connectivity index is 2.39. The zero-order valence-electron chi connectivity index (χ0n) is 10.7. The van der Waals surface area contributed by atoms with Gasteiger partial charge < -0.3 is 10.6 Å². The van der Waals surface area contributed by atoms with Gasteiger partial charge in [0.05, 0.1) is 0 Å². The van der Waals surface area contributed by atoms with Crippen LogP contribution < -0.4 is 10.6 Å². The number of anilines is 1. The van der Waals surface area contributed by atoms with E-state index in [1.807, 2.05) is 0 Å². The minimum Gasteiger partial charge on any atom is -0.389 e. The number of rotatable bonds is 3. The first kappa shape index (κ1) is 13.3. The summed E-state index contributed by atoms with van der Waals surface area (Å²) in [5.74, 6) is -0.286. The van der Waals surface area contributed by atoms with E-state index in [0.29, 0.717) is 11.6 Å². The molecule has 1 atom stereocenters. The molecule has 1 aliphatic rings. The molecule has 1 aliphatic heterocycles. The Hall–Kier alpha value is -1.16. The van der Waals surface area contributed by atoms with Gasteiger partial charge in [-0.1, -0.05) is 19.1 Å². The average Bonchev–Trinajstić information content (AvgIpc) is 2.38. The maximum Gasteiger partial charge on any atom is 0.124 e. The summed E-state index contributed by atoms with van der Waals surface area (Å²) in [5, 5.41) is 0. The standard InChI is InChI=1S/C14H19FN2S/c1-2-11-5-3-4-8-17(11)13-7-6-10(15)9-12(13)14(16)18/h6-7,9,11H,2-5,8H2,1H3,(H2,16,18). The second kappa shape index (κ2) is 5.65. The molecule has 1 aromatic carbocycles. The van der Waals surface area contributed by atoms with Crippen LogP contribution in [0.15, 0.2) is 18.2 Å². The van der Waals surface area contributed by atoms with E-state index >= 15 is 0 Å². The number of hydrogen-bond acceptors (Lipinski definition) is 2. The molecule has 0 bridgehead atoms. The summed E-state index contributed by atoms with van der Waals surface area (Å²) >= 11 is 5.04. The second-order valence-electron chi connectivity index (χ2n) is 4.78. The molecule has 2 rings (SSSR count). The van der Waals surface area contributed by atoms with Gasteiger partial charge in [-0.15, -0.1) is 0 Å². The van der Waals surface area contributed by atoms with Crippen LogP contribution >= 0.6 is 12.2 Å². The molecule has 0 aromatic heterocycles. The highest BCUT2D eigenvalue weighted by atomic mass is 32.1. The van der Waals surface area contributed by atoms with Crippen molar-refractivity contribution in [2.45, 2.75) is 38.6 Å². The topological polar surface area (TPSA) is 29.3 Å². The van der Waals surface area contributed by atoms with Gasteiger partial charge in [0.2, 0.25) is 0 Å². The van der Waals surface area contributed by atoms with Gasteiger partial charge in [-0.2, -0.15) is 0 Å². The number of piperidine rings is 1. The summed E-state index contributed by atoms with van der Waals surface area (Å²) in [5.41, 5.74) is 7.35. The molecule has 1 fully saturated rings. The molecule has 0 aliphatic carbocycles. The van der Waals surface area contributed by atoms with Crippen molar-refractivity contribution in [3.63, 3.8) is 0 Å². The second-order valence-corrected chi connectivity index (χ2v) is 5.22. The van der Waals surface area contributed by atoms with Gasteiger partial charge in [-0.3, -0.25) is 0 Å². The normalized spacial score (nSPS) is 19.9. The van der Waals surface area contributed by atoms with E-state index in [9.17, 15) is 4.39 Å². The number of benzene rings is 1. The van der Waals surface area contributed by atoms with Crippen molar-refractivity contribution in [3.8, 4) is 0 Å². The first-order valence-corrected chi connectivity index (χ1v) is 6.90. The summed E-state index contributed by atoms with van der Waals surface area (Å²) in [6.45, 7) is 3.19. The Morgan fingerprint density at radius 2 is 2.28 bits per heavy atom. The molecule has 1 unspecified atom stereocenters. The van der Waals surface area contributed by atoms with Crippen LogP contribution in [0.1, 0.15) is 38.2 Å². The number of nitrogens with two attached hydrogens (primary N) is 1. The van der Waals surface area contributed by atoms with E-state index in [2.05, 4.69) is 11.8 Å². The van der Waals surface area contributed by atoms with Gasteiger partial charge in [0.1, 0.15) is 10.8 Å². The molecule has 2 nitrogen and oxygen atoms in total. The number of thiocarbonyl (C=S) groups is 1. The van der Waals surface area contributed by atoms with Crippen molar-refractivity contribution in [3.05, 3.63) is 29.6 Å². The van der Waals surface area contributed by atoms with E-state index in [0.717, 1.165) is 18.7 Å². The predicted octanol–water partition coefficient (Wildman–Crippen LogP) is 3.23.